The summed E-state index contributed by atoms with van der Waals surface area (Å²) >= 11 is 0. The maximum atomic E-state index is 3.46. The van der Waals surface area contributed by atoms with Gasteiger partial charge in [-0.2, -0.15) is 0 Å². The lowest BCUT2D eigenvalue weighted by Gasteiger charge is -1.75. The summed E-state index contributed by atoms with van der Waals surface area (Å²) in [4.78, 5) is 0. The van der Waals surface area contributed by atoms with E-state index in [0.717, 1.165) is 0 Å². The number of hydrogen-bond acceptors (Lipinski definition) is 4. The van der Waals surface area contributed by atoms with E-state index in [1.54, 1.807) is 12.2 Å². The molecule has 1 heterocycles. The van der Waals surface area contributed by atoms with Crippen LogP contribution < -0.4 is 0 Å². The molecular weight excluding hydrogens is 104 g/mol. The first-order valence-electron chi connectivity index (χ1n) is 2.12. The van der Waals surface area contributed by atoms with Crippen LogP contribution in [-0.4, -0.2) is 0 Å². The first-order chi connectivity index (χ1) is 4.00. The predicted octanol–water partition coefficient (Wildman–Crippen LogP) is 1.85. The normalized spacial score (nSPS) is 24.0. The van der Waals surface area contributed by atoms with Crippen LogP contribution in [0, 0.1) is 0 Å². The van der Waals surface area contributed by atoms with E-state index in [1.807, 2.05) is 0 Å². The Hall–Kier alpha value is -1.32. The lowest BCUT2D eigenvalue weighted by Crippen LogP contribution is -1.54. The van der Waals surface area contributed by atoms with E-state index < -0.39 is 0 Å². The highest BCUT2D eigenvalue weighted by Crippen LogP contribution is 1.88. The van der Waals surface area contributed by atoms with Gasteiger partial charge in [0.25, 0.3) is 0 Å². The monoisotopic (exact) mass is 108 g/mol. The molecule has 1 aliphatic heterocycles. The van der Waals surface area contributed by atoms with Crippen LogP contribution in [-0.2, 0) is 0 Å². The molecule has 0 aromatic carbocycles. The molecule has 0 amide bonds. The zero-order valence-electron chi connectivity index (χ0n) is 4.10. The number of hydrogen-bond donors (Lipinski definition) is 0. The Labute approximate surface area is 46.3 Å². The van der Waals surface area contributed by atoms with Gasteiger partial charge in [-0.15, -0.1) is 10.2 Å². The van der Waals surface area contributed by atoms with E-state index in [2.05, 4.69) is 20.7 Å². The smallest absolute Gasteiger partial charge is 0.0515 e. The van der Waals surface area contributed by atoms with Crippen molar-refractivity contribution in [1.82, 2.24) is 0 Å². The maximum Gasteiger partial charge on any atom is 0.0515 e. The van der Waals surface area contributed by atoms with E-state index in [9.17, 15) is 0 Å². The minimum atomic E-state index is 1.54. The molecule has 4 heteroatoms. The number of rotatable bonds is 0. The van der Waals surface area contributed by atoms with Crippen molar-refractivity contribution in [2.45, 2.75) is 0 Å². The van der Waals surface area contributed by atoms with Crippen LogP contribution in [0.25, 0.3) is 0 Å². The van der Waals surface area contributed by atoms with Crippen LogP contribution in [0.15, 0.2) is 45.2 Å². The zero-order valence-corrected chi connectivity index (χ0v) is 4.10. The van der Waals surface area contributed by atoms with Gasteiger partial charge in [-0.25, -0.2) is 0 Å². The average Bonchev–Trinajstić information content (AvgIpc) is 1.62. The van der Waals surface area contributed by atoms with Crippen molar-refractivity contribution in [3.05, 3.63) is 24.6 Å². The van der Waals surface area contributed by atoms with Gasteiger partial charge < -0.3 is 0 Å². The van der Waals surface area contributed by atoms with Gasteiger partial charge >= 0.3 is 0 Å². The Bertz CT molecular complexity index is 109. The summed E-state index contributed by atoms with van der Waals surface area (Å²) in [5.74, 6) is 0. The molecule has 0 bridgehead atoms. The van der Waals surface area contributed by atoms with Crippen molar-refractivity contribution < 1.29 is 0 Å². The highest BCUT2D eigenvalue weighted by Gasteiger charge is 1.68. The molecule has 0 aliphatic carbocycles. The van der Waals surface area contributed by atoms with Gasteiger partial charge in [0.2, 0.25) is 0 Å². The van der Waals surface area contributed by atoms with Crippen molar-refractivity contribution in [2.75, 3.05) is 0 Å². The molecule has 0 aromatic heterocycles. The quantitative estimate of drug-likeness (QED) is 0.454. The molecule has 4 nitrogen and oxygen atoms in total. The summed E-state index contributed by atoms with van der Waals surface area (Å²) in [7, 11) is 0. The highest BCUT2D eigenvalue weighted by atomic mass is 15.5. The maximum absolute atomic E-state index is 3.46. The highest BCUT2D eigenvalue weighted by molar-refractivity contribution is 5.00. The van der Waals surface area contributed by atoms with Crippen molar-refractivity contribution in [2.24, 2.45) is 20.7 Å². The molecule has 0 atom stereocenters. The van der Waals surface area contributed by atoms with E-state index in [4.69, 9.17) is 0 Å². The SMILES string of the molecule is C1=C\N=NN=N\C=C/1. The summed E-state index contributed by atoms with van der Waals surface area (Å²) < 4.78 is 0. The van der Waals surface area contributed by atoms with Crippen molar-refractivity contribution in [3.63, 3.8) is 0 Å². The molecule has 1 aliphatic rings. The molecular formula is C4H4N4. The first kappa shape index (κ1) is 4.83. The van der Waals surface area contributed by atoms with Crippen molar-refractivity contribution in [1.29, 1.82) is 0 Å². The molecule has 0 N–H and O–H groups in total. The largest absolute Gasteiger partial charge is 0.137 e. The third kappa shape index (κ3) is 1.42. The molecule has 0 saturated heterocycles. The van der Waals surface area contributed by atoms with Crippen LogP contribution in [0.1, 0.15) is 0 Å². The number of allylic oxidation sites excluding steroid dienone is 2. The van der Waals surface area contributed by atoms with Gasteiger partial charge in [0.05, 0.1) is 12.4 Å². The van der Waals surface area contributed by atoms with Gasteiger partial charge in [-0.05, 0) is 22.6 Å². The lowest BCUT2D eigenvalue weighted by molar-refractivity contribution is 0.947. The van der Waals surface area contributed by atoms with Gasteiger partial charge in [-0.3, -0.25) is 0 Å². The van der Waals surface area contributed by atoms with Crippen LogP contribution in [0.5, 0.6) is 0 Å². The summed E-state index contributed by atoms with van der Waals surface area (Å²) in [6.45, 7) is 0. The average molecular weight is 108 g/mol. The Morgan fingerprint density at radius 2 is 1.25 bits per heavy atom. The van der Waals surface area contributed by atoms with Crippen LogP contribution in [0.3, 0.4) is 0 Å². The van der Waals surface area contributed by atoms with Crippen molar-refractivity contribution in [3.8, 4) is 0 Å². The van der Waals surface area contributed by atoms with Crippen LogP contribution >= 0.6 is 0 Å². The predicted molar refractivity (Wildman–Crippen MR) is 28.0 cm³/mol. The summed E-state index contributed by atoms with van der Waals surface area (Å²) in [6.07, 6.45) is 6.52. The van der Waals surface area contributed by atoms with Crippen molar-refractivity contribution >= 4 is 0 Å². The Morgan fingerprint density at radius 1 is 0.750 bits per heavy atom. The summed E-state index contributed by atoms with van der Waals surface area (Å²) in [6, 6.07) is 0. The van der Waals surface area contributed by atoms with Crippen LogP contribution in [0.4, 0.5) is 0 Å². The Morgan fingerprint density at radius 3 is 1.75 bits per heavy atom. The fourth-order valence-corrected chi connectivity index (χ4v) is 0.282. The second kappa shape index (κ2) is 2.79. The second-order valence-electron chi connectivity index (χ2n) is 1.09. The summed E-state index contributed by atoms with van der Waals surface area (Å²) in [5, 5.41) is 13.5. The fraction of sp³-hybridized carbons (Fsp3) is 0. The fourth-order valence-electron chi connectivity index (χ4n) is 0.282. The molecule has 0 saturated carbocycles. The molecule has 0 spiro atoms. The zero-order chi connectivity index (χ0) is 5.66. The topological polar surface area (TPSA) is 49.4 Å². The third-order valence-corrected chi connectivity index (χ3v) is 0.560. The van der Waals surface area contributed by atoms with E-state index in [0.29, 0.717) is 0 Å². The standard InChI is InChI=1S/C4H4N4/c1-2-4-6-8-7-5-3-1/h1-4H/b2-1?,3-1-,4-2-,5-3?,6-4?,7-5?,8-6?,8-7?. The Kier molecular flexibility index (Phi) is 1.68. The van der Waals surface area contributed by atoms with Gasteiger partial charge in [0, 0.05) is 0 Å². The van der Waals surface area contributed by atoms with Gasteiger partial charge in [-0.1, -0.05) is 0 Å². The minimum absolute atomic E-state index is 1.54. The van der Waals surface area contributed by atoms with E-state index in [1.165, 1.54) is 12.4 Å². The van der Waals surface area contributed by atoms with Gasteiger partial charge in [0.15, 0.2) is 0 Å². The molecule has 1 rings (SSSR count). The molecule has 0 fully saturated rings. The molecule has 40 valence electrons. The molecule has 0 radical (unpaired) electrons. The van der Waals surface area contributed by atoms with Crippen LogP contribution in [0.2, 0.25) is 0 Å². The Balaban J connectivity index is 2.67. The molecule has 8 heavy (non-hydrogen) atoms. The summed E-state index contributed by atoms with van der Waals surface area (Å²) in [5.41, 5.74) is 0. The lowest BCUT2D eigenvalue weighted by atomic mass is 10.6. The minimum Gasteiger partial charge on any atom is -0.137 e. The third-order valence-electron chi connectivity index (χ3n) is 0.560. The molecule has 0 aromatic rings. The van der Waals surface area contributed by atoms with Gasteiger partial charge in [0.1, 0.15) is 0 Å². The first-order valence-corrected chi connectivity index (χ1v) is 2.12. The molecule has 0 unspecified atom stereocenters. The van der Waals surface area contributed by atoms with E-state index >= 15 is 0 Å². The number of nitrogens with zero attached hydrogens (tertiary/aromatic N) is 4. The van der Waals surface area contributed by atoms with E-state index in [-0.39, 0.29) is 0 Å². The second-order valence-corrected chi connectivity index (χ2v) is 1.09.